The molecule has 6 heteroatoms. The van der Waals surface area contributed by atoms with Crippen LogP contribution in [0.1, 0.15) is 33.3 Å². The van der Waals surface area contributed by atoms with Crippen LogP contribution in [0.2, 0.25) is 0 Å². The first-order valence-corrected chi connectivity index (χ1v) is 7.33. The van der Waals surface area contributed by atoms with Gasteiger partial charge in [0.1, 0.15) is 0 Å². The van der Waals surface area contributed by atoms with Gasteiger partial charge >= 0.3 is 7.12 Å². The number of hydrogen-bond acceptors (Lipinski definition) is 5. The Labute approximate surface area is 132 Å². The molecule has 3 N–H and O–H groups in total. The van der Waals surface area contributed by atoms with Crippen molar-refractivity contribution in [3.63, 3.8) is 0 Å². The van der Waals surface area contributed by atoms with E-state index in [1.165, 1.54) is 7.11 Å². The van der Waals surface area contributed by atoms with Gasteiger partial charge in [-0.25, -0.2) is 0 Å². The number of ether oxygens (including phenoxy) is 1. The third kappa shape index (κ3) is 3.14. The van der Waals surface area contributed by atoms with Crippen molar-refractivity contribution in [2.24, 2.45) is 5.73 Å². The third-order valence-electron chi connectivity index (χ3n) is 4.35. The Morgan fingerprint density at radius 2 is 1.86 bits per heavy atom. The summed E-state index contributed by atoms with van der Waals surface area (Å²) in [4.78, 5) is 0. The molecule has 0 spiro atoms. The maximum absolute atomic E-state index is 9.86. The number of nitrogens with two attached hydrogens (primary N) is 1. The largest absolute Gasteiger partial charge is 0.504 e. The van der Waals surface area contributed by atoms with Crippen LogP contribution in [-0.4, -0.2) is 37.1 Å². The molecule has 0 unspecified atom stereocenters. The fourth-order valence-corrected chi connectivity index (χ4v) is 2.23. The van der Waals surface area contributed by atoms with Gasteiger partial charge in [0.05, 0.1) is 18.3 Å². The lowest BCUT2D eigenvalue weighted by atomic mass is 9.77. The zero-order chi connectivity index (χ0) is 16.5. The molecule has 0 aliphatic carbocycles. The Kier molecular flexibility index (Phi) is 4.56. The fourth-order valence-electron chi connectivity index (χ4n) is 2.23. The fraction of sp³-hybridized carbons (Fsp3) is 0.500. The topological polar surface area (TPSA) is 73.9 Å². The third-order valence-corrected chi connectivity index (χ3v) is 4.35. The average molecular weight is 305 g/mol. The van der Waals surface area contributed by atoms with Crippen molar-refractivity contribution in [2.45, 2.75) is 38.9 Å². The molecule has 1 aromatic carbocycles. The molecule has 2 rings (SSSR count). The van der Waals surface area contributed by atoms with Crippen molar-refractivity contribution in [2.75, 3.05) is 13.7 Å². The summed E-state index contributed by atoms with van der Waals surface area (Å²) in [5, 5.41) is 9.86. The molecule has 1 aliphatic rings. The van der Waals surface area contributed by atoms with E-state index in [-0.39, 0.29) is 5.75 Å². The van der Waals surface area contributed by atoms with Crippen LogP contribution in [0.15, 0.2) is 23.7 Å². The maximum Gasteiger partial charge on any atom is 0.491 e. The number of phenolic OH excluding ortho intramolecular Hbond substituents is 1. The first-order chi connectivity index (χ1) is 10.2. The number of benzene rings is 1. The lowest BCUT2D eigenvalue weighted by Gasteiger charge is -2.32. The van der Waals surface area contributed by atoms with E-state index in [0.29, 0.717) is 12.3 Å². The molecule has 1 aromatic rings. The average Bonchev–Trinajstić information content (AvgIpc) is 2.65. The Morgan fingerprint density at radius 3 is 2.32 bits per heavy atom. The highest BCUT2D eigenvalue weighted by Crippen LogP contribution is 2.38. The second kappa shape index (κ2) is 5.95. The van der Waals surface area contributed by atoms with Crippen molar-refractivity contribution >= 4 is 13.2 Å². The normalized spacial score (nSPS) is 20.3. The van der Waals surface area contributed by atoms with Crippen LogP contribution in [0.5, 0.6) is 11.5 Å². The minimum Gasteiger partial charge on any atom is -0.504 e. The van der Waals surface area contributed by atoms with Gasteiger partial charge in [-0.2, -0.15) is 0 Å². The number of rotatable bonds is 4. The first-order valence-electron chi connectivity index (χ1n) is 7.33. The summed E-state index contributed by atoms with van der Waals surface area (Å²) in [6, 6.07) is 5.18. The van der Waals surface area contributed by atoms with E-state index in [1.807, 2.05) is 39.8 Å². The van der Waals surface area contributed by atoms with Gasteiger partial charge in [0, 0.05) is 6.54 Å². The van der Waals surface area contributed by atoms with Crippen molar-refractivity contribution in [3.8, 4) is 11.5 Å². The van der Waals surface area contributed by atoms with Gasteiger partial charge in [0.15, 0.2) is 11.5 Å². The highest BCUT2D eigenvalue weighted by molar-refractivity contribution is 6.55. The SMILES string of the molecule is COc1ccc(C=C(CN)B2OC(C)(C)C(C)(C)O2)cc1O. The maximum atomic E-state index is 9.86. The molecule has 0 atom stereocenters. The smallest absolute Gasteiger partial charge is 0.491 e. The van der Waals surface area contributed by atoms with Gasteiger partial charge in [-0.05, 0) is 50.9 Å². The summed E-state index contributed by atoms with van der Waals surface area (Å²) >= 11 is 0. The molecule has 1 saturated heterocycles. The van der Waals surface area contributed by atoms with Crippen LogP contribution >= 0.6 is 0 Å². The van der Waals surface area contributed by atoms with Crippen LogP contribution in [0.4, 0.5) is 0 Å². The Morgan fingerprint density at radius 1 is 1.27 bits per heavy atom. The number of aromatic hydroxyl groups is 1. The van der Waals surface area contributed by atoms with Crippen LogP contribution in [0.25, 0.3) is 6.08 Å². The van der Waals surface area contributed by atoms with Gasteiger partial charge in [-0.1, -0.05) is 12.1 Å². The molecule has 1 heterocycles. The molecule has 120 valence electrons. The highest BCUT2D eigenvalue weighted by Gasteiger charge is 2.52. The lowest BCUT2D eigenvalue weighted by molar-refractivity contribution is 0.00578. The second-order valence-corrected chi connectivity index (χ2v) is 6.44. The summed E-state index contributed by atoms with van der Waals surface area (Å²) in [6.45, 7) is 8.31. The second-order valence-electron chi connectivity index (χ2n) is 6.44. The van der Waals surface area contributed by atoms with E-state index in [1.54, 1.807) is 12.1 Å². The molecule has 0 aromatic heterocycles. The van der Waals surface area contributed by atoms with Gasteiger partial charge in [-0.15, -0.1) is 0 Å². The van der Waals surface area contributed by atoms with Gasteiger partial charge in [0.2, 0.25) is 0 Å². The van der Waals surface area contributed by atoms with E-state index < -0.39 is 18.3 Å². The molecule has 0 radical (unpaired) electrons. The molecule has 5 nitrogen and oxygen atoms in total. The van der Waals surface area contributed by atoms with Crippen molar-refractivity contribution in [3.05, 3.63) is 29.2 Å². The first kappa shape index (κ1) is 16.9. The van der Waals surface area contributed by atoms with Crippen LogP contribution in [0, 0.1) is 0 Å². The molecule has 1 aliphatic heterocycles. The molecular formula is C16H24BNO4. The van der Waals surface area contributed by atoms with Crippen LogP contribution in [0.3, 0.4) is 0 Å². The predicted molar refractivity (Wildman–Crippen MR) is 87.8 cm³/mol. The summed E-state index contributed by atoms with van der Waals surface area (Å²) < 4.78 is 17.1. The summed E-state index contributed by atoms with van der Waals surface area (Å²) in [5.74, 6) is 0.517. The van der Waals surface area contributed by atoms with E-state index in [9.17, 15) is 5.11 Å². The van der Waals surface area contributed by atoms with E-state index in [2.05, 4.69) is 0 Å². The predicted octanol–water partition coefficient (Wildman–Crippen LogP) is 2.37. The molecule has 0 saturated carbocycles. The van der Waals surface area contributed by atoms with Crippen molar-refractivity contribution in [1.82, 2.24) is 0 Å². The van der Waals surface area contributed by atoms with Crippen LogP contribution in [-0.2, 0) is 9.31 Å². The molecule has 22 heavy (non-hydrogen) atoms. The standard InChI is InChI=1S/C16H24BNO4/c1-15(2)16(3,4)22-17(21-15)12(10-18)8-11-6-7-14(20-5)13(19)9-11/h6-9,19H,10,18H2,1-5H3. The Hall–Kier alpha value is -1.50. The van der Waals surface area contributed by atoms with E-state index in [0.717, 1.165) is 11.0 Å². The number of hydrogen-bond donors (Lipinski definition) is 2. The monoisotopic (exact) mass is 305 g/mol. The molecule has 0 bridgehead atoms. The van der Waals surface area contributed by atoms with Crippen molar-refractivity contribution in [1.29, 1.82) is 0 Å². The lowest BCUT2D eigenvalue weighted by Crippen LogP contribution is -2.41. The van der Waals surface area contributed by atoms with Crippen LogP contribution < -0.4 is 10.5 Å². The molecule has 0 amide bonds. The van der Waals surface area contributed by atoms with Gasteiger partial charge < -0.3 is 24.9 Å². The number of methoxy groups -OCH3 is 1. The Bertz CT molecular complexity index is 568. The van der Waals surface area contributed by atoms with Gasteiger partial charge in [0.25, 0.3) is 0 Å². The zero-order valence-electron chi connectivity index (χ0n) is 13.8. The summed E-state index contributed by atoms with van der Waals surface area (Å²) in [6.07, 6.45) is 1.88. The summed E-state index contributed by atoms with van der Waals surface area (Å²) in [7, 11) is 1.03. The molecule has 1 fully saturated rings. The minimum absolute atomic E-state index is 0.0848. The molecular weight excluding hydrogens is 281 g/mol. The van der Waals surface area contributed by atoms with E-state index in [4.69, 9.17) is 19.8 Å². The quantitative estimate of drug-likeness (QED) is 0.835. The zero-order valence-corrected chi connectivity index (χ0v) is 13.8. The highest BCUT2D eigenvalue weighted by atomic mass is 16.7. The minimum atomic E-state index is -0.487. The summed E-state index contributed by atoms with van der Waals surface area (Å²) in [5.41, 5.74) is 6.67. The van der Waals surface area contributed by atoms with Crippen molar-refractivity contribution < 1.29 is 19.2 Å². The number of phenols is 1. The van der Waals surface area contributed by atoms with E-state index >= 15 is 0 Å². The van der Waals surface area contributed by atoms with Gasteiger partial charge in [-0.3, -0.25) is 0 Å². The Balaban J connectivity index is 2.27.